The molecule has 146 valence electrons. The standard InChI is InChI=1S/C18H19F3N2O4/c1-26-15-8-3-11(9-16(15)27-2)14(24)10-22-17(25)23-13-6-4-12(5-7-13)18(19,20)21/h3-9,14,24H,10H2,1-2H3,(H2,22,23,25). The Balaban J connectivity index is 1.91. The number of carbonyl (C=O) groups is 1. The first-order valence-electron chi connectivity index (χ1n) is 7.86. The SMILES string of the molecule is COc1ccc(C(O)CNC(=O)Nc2ccc(C(F)(F)F)cc2)cc1OC. The van der Waals surface area contributed by atoms with Crippen LogP contribution in [0.25, 0.3) is 0 Å². The van der Waals surface area contributed by atoms with E-state index in [1.807, 2.05) is 0 Å². The van der Waals surface area contributed by atoms with E-state index >= 15 is 0 Å². The Morgan fingerprint density at radius 3 is 2.26 bits per heavy atom. The molecule has 0 spiro atoms. The van der Waals surface area contributed by atoms with Crippen molar-refractivity contribution >= 4 is 11.7 Å². The minimum absolute atomic E-state index is 0.109. The number of anilines is 1. The maximum Gasteiger partial charge on any atom is 0.416 e. The van der Waals surface area contributed by atoms with Crippen LogP contribution in [0.4, 0.5) is 23.7 Å². The molecular weight excluding hydrogens is 365 g/mol. The molecule has 27 heavy (non-hydrogen) atoms. The van der Waals surface area contributed by atoms with Gasteiger partial charge in [0.2, 0.25) is 0 Å². The molecule has 0 fully saturated rings. The predicted molar refractivity (Wildman–Crippen MR) is 93.0 cm³/mol. The molecule has 1 atom stereocenters. The lowest BCUT2D eigenvalue weighted by Crippen LogP contribution is -2.32. The molecule has 0 heterocycles. The zero-order chi connectivity index (χ0) is 20.0. The number of alkyl halides is 3. The first kappa shape index (κ1) is 20.4. The molecule has 0 aliphatic heterocycles. The summed E-state index contributed by atoms with van der Waals surface area (Å²) in [4.78, 5) is 11.9. The van der Waals surface area contributed by atoms with E-state index in [0.29, 0.717) is 17.1 Å². The zero-order valence-electron chi connectivity index (χ0n) is 14.6. The molecule has 9 heteroatoms. The molecule has 6 nitrogen and oxygen atoms in total. The smallest absolute Gasteiger partial charge is 0.416 e. The van der Waals surface area contributed by atoms with Gasteiger partial charge in [0.25, 0.3) is 0 Å². The van der Waals surface area contributed by atoms with Crippen LogP contribution in [-0.4, -0.2) is 31.9 Å². The van der Waals surface area contributed by atoms with Crippen molar-refractivity contribution in [2.24, 2.45) is 0 Å². The van der Waals surface area contributed by atoms with Gasteiger partial charge in [0.1, 0.15) is 0 Å². The Kier molecular flexibility index (Phi) is 6.51. The fourth-order valence-corrected chi connectivity index (χ4v) is 2.29. The lowest BCUT2D eigenvalue weighted by atomic mass is 10.1. The monoisotopic (exact) mass is 384 g/mol. The van der Waals surface area contributed by atoms with Gasteiger partial charge >= 0.3 is 12.2 Å². The Hall–Kier alpha value is -2.94. The van der Waals surface area contributed by atoms with Gasteiger partial charge in [-0.1, -0.05) is 6.07 Å². The van der Waals surface area contributed by atoms with Crippen LogP contribution in [0.5, 0.6) is 11.5 Å². The fourth-order valence-electron chi connectivity index (χ4n) is 2.29. The van der Waals surface area contributed by atoms with E-state index in [1.165, 1.54) is 14.2 Å². The summed E-state index contributed by atoms with van der Waals surface area (Å²) in [6, 6.07) is 8.21. The summed E-state index contributed by atoms with van der Waals surface area (Å²) in [5, 5.41) is 15.0. The number of halogens is 3. The zero-order valence-corrected chi connectivity index (χ0v) is 14.6. The van der Waals surface area contributed by atoms with Crippen LogP contribution in [-0.2, 0) is 6.18 Å². The number of hydrogen-bond donors (Lipinski definition) is 3. The lowest BCUT2D eigenvalue weighted by Gasteiger charge is -2.15. The highest BCUT2D eigenvalue weighted by Crippen LogP contribution is 2.30. The summed E-state index contributed by atoms with van der Waals surface area (Å²) in [5.74, 6) is 0.935. The minimum Gasteiger partial charge on any atom is -0.493 e. The summed E-state index contributed by atoms with van der Waals surface area (Å²) < 4.78 is 47.8. The lowest BCUT2D eigenvalue weighted by molar-refractivity contribution is -0.137. The number of rotatable bonds is 6. The highest BCUT2D eigenvalue weighted by molar-refractivity contribution is 5.89. The summed E-state index contributed by atoms with van der Waals surface area (Å²) >= 11 is 0. The Morgan fingerprint density at radius 2 is 1.70 bits per heavy atom. The van der Waals surface area contributed by atoms with E-state index in [4.69, 9.17) is 9.47 Å². The van der Waals surface area contributed by atoms with Gasteiger partial charge in [-0.3, -0.25) is 0 Å². The van der Waals surface area contributed by atoms with E-state index in [2.05, 4.69) is 10.6 Å². The number of carbonyl (C=O) groups excluding carboxylic acids is 1. The molecule has 1 unspecified atom stereocenters. The van der Waals surface area contributed by atoms with Crippen molar-refractivity contribution in [2.45, 2.75) is 12.3 Å². The highest BCUT2D eigenvalue weighted by atomic mass is 19.4. The van der Waals surface area contributed by atoms with Gasteiger partial charge in [-0.15, -0.1) is 0 Å². The van der Waals surface area contributed by atoms with Crippen LogP contribution in [0, 0.1) is 0 Å². The van der Waals surface area contributed by atoms with Crippen LogP contribution < -0.4 is 20.1 Å². The van der Waals surface area contributed by atoms with Gasteiger partial charge in [0.05, 0.1) is 25.9 Å². The first-order valence-corrected chi connectivity index (χ1v) is 7.86. The normalized spacial score (nSPS) is 12.2. The van der Waals surface area contributed by atoms with E-state index in [-0.39, 0.29) is 12.2 Å². The van der Waals surface area contributed by atoms with E-state index in [0.717, 1.165) is 24.3 Å². The molecule has 0 radical (unpaired) electrons. The van der Waals surface area contributed by atoms with Crippen LogP contribution in [0.15, 0.2) is 42.5 Å². The van der Waals surface area contributed by atoms with Gasteiger partial charge in [0.15, 0.2) is 11.5 Å². The molecule has 2 aromatic carbocycles. The Bertz CT molecular complexity index is 779. The van der Waals surface area contributed by atoms with Crippen molar-refractivity contribution in [3.63, 3.8) is 0 Å². The van der Waals surface area contributed by atoms with E-state index < -0.39 is 23.9 Å². The summed E-state index contributed by atoms with van der Waals surface area (Å²) in [5.41, 5.74) is -0.110. The molecule has 0 saturated carbocycles. The van der Waals surface area contributed by atoms with Crippen molar-refractivity contribution in [3.05, 3.63) is 53.6 Å². The second-order valence-corrected chi connectivity index (χ2v) is 5.54. The number of hydrogen-bond acceptors (Lipinski definition) is 4. The number of methoxy groups -OCH3 is 2. The number of nitrogens with one attached hydrogen (secondary N) is 2. The van der Waals surface area contributed by atoms with Crippen molar-refractivity contribution in [1.29, 1.82) is 0 Å². The number of benzene rings is 2. The van der Waals surface area contributed by atoms with Gasteiger partial charge in [-0.05, 0) is 42.0 Å². The molecule has 3 N–H and O–H groups in total. The molecule has 2 amide bonds. The second kappa shape index (κ2) is 8.63. The second-order valence-electron chi connectivity index (χ2n) is 5.54. The fraction of sp³-hybridized carbons (Fsp3) is 0.278. The average Bonchev–Trinajstić information content (AvgIpc) is 2.65. The number of amides is 2. The summed E-state index contributed by atoms with van der Waals surface area (Å²) in [6.07, 6.45) is -5.45. The molecule has 0 bridgehead atoms. The van der Waals surface area contributed by atoms with Gasteiger partial charge in [-0.25, -0.2) is 4.79 Å². The molecule has 0 aliphatic carbocycles. The third kappa shape index (κ3) is 5.52. The predicted octanol–water partition coefficient (Wildman–Crippen LogP) is 3.58. The van der Waals surface area contributed by atoms with Crippen molar-refractivity contribution < 1.29 is 32.5 Å². The number of ether oxygens (including phenoxy) is 2. The maximum absolute atomic E-state index is 12.5. The number of aliphatic hydroxyl groups excluding tert-OH is 1. The van der Waals surface area contributed by atoms with Crippen molar-refractivity contribution in [3.8, 4) is 11.5 Å². The third-order valence-electron chi connectivity index (χ3n) is 3.72. The van der Waals surface area contributed by atoms with Gasteiger partial charge in [-0.2, -0.15) is 13.2 Å². The first-order chi connectivity index (χ1) is 12.7. The molecular formula is C18H19F3N2O4. The molecule has 2 aromatic rings. The van der Waals surface area contributed by atoms with Crippen LogP contribution in [0.2, 0.25) is 0 Å². The van der Waals surface area contributed by atoms with Crippen LogP contribution in [0.1, 0.15) is 17.2 Å². The van der Waals surface area contributed by atoms with Crippen molar-refractivity contribution in [1.82, 2.24) is 5.32 Å². The van der Waals surface area contributed by atoms with Crippen LogP contribution >= 0.6 is 0 Å². The summed E-state index contributed by atoms with van der Waals surface area (Å²) in [6.45, 7) is -0.109. The largest absolute Gasteiger partial charge is 0.493 e. The van der Waals surface area contributed by atoms with Gasteiger partial charge < -0.3 is 25.2 Å². The Labute approximate surface area is 153 Å². The maximum atomic E-state index is 12.5. The Morgan fingerprint density at radius 1 is 1.07 bits per heavy atom. The molecule has 0 saturated heterocycles. The van der Waals surface area contributed by atoms with Gasteiger partial charge in [0, 0.05) is 12.2 Å². The van der Waals surface area contributed by atoms with Crippen LogP contribution in [0.3, 0.4) is 0 Å². The third-order valence-corrected chi connectivity index (χ3v) is 3.72. The molecule has 2 rings (SSSR count). The van der Waals surface area contributed by atoms with E-state index in [1.54, 1.807) is 18.2 Å². The number of aliphatic hydroxyl groups is 1. The molecule has 0 aromatic heterocycles. The van der Waals surface area contributed by atoms with Crippen molar-refractivity contribution in [2.75, 3.05) is 26.1 Å². The minimum atomic E-state index is -4.44. The number of urea groups is 1. The molecule has 0 aliphatic rings. The highest BCUT2D eigenvalue weighted by Gasteiger charge is 2.30. The van der Waals surface area contributed by atoms with E-state index in [9.17, 15) is 23.1 Å². The average molecular weight is 384 g/mol. The summed E-state index contributed by atoms with van der Waals surface area (Å²) in [7, 11) is 2.95. The quantitative estimate of drug-likeness (QED) is 0.711. The topological polar surface area (TPSA) is 79.8 Å².